The van der Waals surface area contributed by atoms with Gasteiger partial charge in [-0.2, -0.15) is 0 Å². The predicted octanol–water partition coefficient (Wildman–Crippen LogP) is 4.24. The number of likely N-dealkylation sites (N-methyl/N-ethyl adjacent to an activating group) is 1. The van der Waals surface area contributed by atoms with Crippen molar-refractivity contribution in [3.05, 3.63) is 59.7 Å². The number of nitrogens with zero attached hydrogens (tertiary/aromatic N) is 1. The summed E-state index contributed by atoms with van der Waals surface area (Å²) in [6, 6.07) is 15.4. The summed E-state index contributed by atoms with van der Waals surface area (Å²) in [6.45, 7) is 1.98. The zero-order valence-corrected chi connectivity index (χ0v) is 17.6. The molecule has 1 fully saturated rings. The summed E-state index contributed by atoms with van der Waals surface area (Å²) in [5, 5.41) is 6.09. The van der Waals surface area contributed by atoms with Gasteiger partial charge < -0.3 is 10.6 Å². The van der Waals surface area contributed by atoms with E-state index in [2.05, 4.69) is 10.6 Å². The van der Waals surface area contributed by atoms with E-state index < -0.39 is 0 Å². The van der Waals surface area contributed by atoms with Crippen LogP contribution in [0.1, 0.15) is 36.8 Å². The summed E-state index contributed by atoms with van der Waals surface area (Å²) in [5.41, 5.74) is 3.46. The van der Waals surface area contributed by atoms with Crippen molar-refractivity contribution in [1.82, 2.24) is 4.90 Å². The number of rotatable bonds is 7. The predicted molar refractivity (Wildman–Crippen MR) is 118 cm³/mol. The Balaban J connectivity index is 1.75. The van der Waals surface area contributed by atoms with Crippen molar-refractivity contribution >= 4 is 23.2 Å². The number of carbonyl (C=O) groups excluding carboxylic acids is 2. The number of carbonyl (C=O) groups is 2. The van der Waals surface area contributed by atoms with Crippen molar-refractivity contribution in [1.29, 1.82) is 0 Å². The fourth-order valence-electron chi connectivity index (χ4n) is 3.86. The molecule has 5 heteroatoms. The quantitative estimate of drug-likeness (QED) is 0.740. The molecule has 2 aromatic rings. The van der Waals surface area contributed by atoms with Gasteiger partial charge in [-0.1, -0.05) is 49.2 Å². The molecule has 0 aromatic heterocycles. The van der Waals surface area contributed by atoms with Crippen molar-refractivity contribution < 1.29 is 9.59 Å². The molecule has 0 saturated heterocycles. The van der Waals surface area contributed by atoms with Crippen LogP contribution in [0.5, 0.6) is 0 Å². The molecule has 1 atom stereocenters. The van der Waals surface area contributed by atoms with Crippen LogP contribution in [0, 0.1) is 12.8 Å². The van der Waals surface area contributed by atoms with Crippen LogP contribution in [-0.2, 0) is 16.0 Å². The van der Waals surface area contributed by atoms with Crippen molar-refractivity contribution in [2.45, 2.75) is 45.1 Å². The molecule has 1 aliphatic rings. The van der Waals surface area contributed by atoms with Crippen molar-refractivity contribution in [2.75, 3.05) is 24.7 Å². The van der Waals surface area contributed by atoms with Gasteiger partial charge in [0.2, 0.25) is 11.8 Å². The van der Waals surface area contributed by atoms with Crippen LogP contribution in [0.2, 0.25) is 0 Å². The third kappa shape index (κ3) is 5.67. The Bertz CT molecular complexity index is 842. The van der Waals surface area contributed by atoms with Crippen LogP contribution in [0.25, 0.3) is 0 Å². The van der Waals surface area contributed by atoms with Crippen molar-refractivity contribution in [3.8, 4) is 0 Å². The zero-order chi connectivity index (χ0) is 20.8. The number of hydrogen-bond acceptors (Lipinski definition) is 3. The van der Waals surface area contributed by atoms with Gasteiger partial charge in [-0.05, 0) is 63.5 Å². The maximum atomic E-state index is 13.1. The maximum Gasteiger partial charge on any atom is 0.242 e. The van der Waals surface area contributed by atoms with E-state index in [1.807, 2.05) is 74.4 Å². The van der Waals surface area contributed by atoms with E-state index in [4.69, 9.17) is 0 Å². The van der Waals surface area contributed by atoms with E-state index in [1.54, 1.807) is 0 Å². The molecule has 2 aromatic carbocycles. The topological polar surface area (TPSA) is 61.4 Å². The van der Waals surface area contributed by atoms with Gasteiger partial charge in [0.1, 0.15) is 0 Å². The summed E-state index contributed by atoms with van der Waals surface area (Å²) in [4.78, 5) is 27.6. The second-order valence-electron chi connectivity index (χ2n) is 8.18. The Morgan fingerprint density at radius 2 is 1.69 bits per heavy atom. The van der Waals surface area contributed by atoms with E-state index in [0.717, 1.165) is 36.8 Å². The molecule has 1 saturated carbocycles. The molecule has 2 amide bonds. The van der Waals surface area contributed by atoms with Crippen LogP contribution in [0.15, 0.2) is 48.5 Å². The van der Waals surface area contributed by atoms with Crippen LogP contribution in [0.3, 0.4) is 0 Å². The lowest BCUT2D eigenvalue weighted by atomic mass is 10.0. The van der Waals surface area contributed by atoms with Gasteiger partial charge in [0.05, 0.1) is 17.4 Å². The minimum absolute atomic E-state index is 0.0512. The molecule has 0 heterocycles. The van der Waals surface area contributed by atoms with Crippen LogP contribution >= 0.6 is 0 Å². The SMILES string of the molecule is Cc1ccc(NC(=O)C2CCCC2)c(NC(=O)[C@H](Cc2ccccc2)N(C)C)c1. The number of benzene rings is 2. The maximum absolute atomic E-state index is 13.1. The molecule has 0 radical (unpaired) electrons. The highest BCUT2D eigenvalue weighted by Crippen LogP contribution is 2.29. The molecule has 0 bridgehead atoms. The lowest BCUT2D eigenvalue weighted by Crippen LogP contribution is -2.41. The molecule has 0 unspecified atom stereocenters. The lowest BCUT2D eigenvalue weighted by Gasteiger charge is -2.24. The monoisotopic (exact) mass is 393 g/mol. The highest BCUT2D eigenvalue weighted by atomic mass is 16.2. The molecule has 1 aliphatic carbocycles. The van der Waals surface area contributed by atoms with E-state index >= 15 is 0 Å². The molecule has 5 nitrogen and oxygen atoms in total. The third-order valence-electron chi connectivity index (χ3n) is 5.61. The molecule has 29 heavy (non-hydrogen) atoms. The second kappa shape index (κ2) is 9.70. The minimum atomic E-state index is -0.309. The normalized spacial score (nSPS) is 15.3. The minimum Gasteiger partial charge on any atom is -0.324 e. The first-order chi connectivity index (χ1) is 13.9. The van der Waals surface area contributed by atoms with Gasteiger partial charge in [-0.15, -0.1) is 0 Å². The Morgan fingerprint density at radius 1 is 1.00 bits per heavy atom. The van der Waals surface area contributed by atoms with Crippen molar-refractivity contribution in [3.63, 3.8) is 0 Å². The third-order valence-corrected chi connectivity index (χ3v) is 5.61. The van der Waals surface area contributed by atoms with Crippen LogP contribution in [-0.4, -0.2) is 36.9 Å². The molecule has 2 N–H and O–H groups in total. The summed E-state index contributed by atoms with van der Waals surface area (Å²) < 4.78 is 0. The lowest BCUT2D eigenvalue weighted by molar-refractivity contribution is -0.121. The number of amides is 2. The zero-order valence-electron chi connectivity index (χ0n) is 17.6. The molecule has 0 aliphatic heterocycles. The number of hydrogen-bond donors (Lipinski definition) is 2. The standard InChI is InChI=1S/C24H31N3O2/c1-17-13-14-20(25-23(28)19-11-7-8-12-19)21(15-17)26-24(29)22(27(2)3)16-18-9-5-4-6-10-18/h4-6,9-10,13-15,19,22H,7-8,11-12,16H2,1-3H3,(H,25,28)(H,26,29)/t22-/m0/s1. The number of nitrogens with one attached hydrogen (secondary N) is 2. The average Bonchev–Trinajstić information content (AvgIpc) is 3.23. The molecule has 0 spiro atoms. The van der Waals surface area contributed by atoms with E-state index in [1.165, 1.54) is 0 Å². The van der Waals surface area contributed by atoms with Gasteiger partial charge in [0.25, 0.3) is 0 Å². The van der Waals surface area contributed by atoms with Crippen LogP contribution < -0.4 is 10.6 Å². The van der Waals surface area contributed by atoms with Crippen LogP contribution in [0.4, 0.5) is 11.4 Å². The van der Waals surface area contributed by atoms with Gasteiger partial charge >= 0.3 is 0 Å². The smallest absolute Gasteiger partial charge is 0.242 e. The summed E-state index contributed by atoms with van der Waals surface area (Å²) in [6.07, 6.45) is 4.73. The average molecular weight is 394 g/mol. The first-order valence-corrected chi connectivity index (χ1v) is 10.4. The van der Waals surface area contributed by atoms with Gasteiger partial charge in [-0.3, -0.25) is 14.5 Å². The molecule has 3 rings (SSSR count). The van der Waals surface area contributed by atoms with Gasteiger partial charge in [0, 0.05) is 5.92 Å². The van der Waals surface area contributed by atoms with E-state index in [9.17, 15) is 9.59 Å². The first kappa shape index (κ1) is 21.1. The summed E-state index contributed by atoms with van der Waals surface area (Å²) in [7, 11) is 3.82. The Labute approximate surface area is 173 Å². The fourth-order valence-corrected chi connectivity index (χ4v) is 3.86. The Kier molecular flexibility index (Phi) is 7.04. The van der Waals surface area contributed by atoms with E-state index in [0.29, 0.717) is 17.8 Å². The molecular weight excluding hydrogens is 362 g/mol. The second-order valence-corrected chi connectivity index (χ2v) is 8.18. The largest absolute Gasteiger partial charge is 0.324 e. The van der Waals surface area contributed by atoms with Gasteiger partial charge in [-0.25, -0.2) is 0 Å². The highest BCUT2D eigenvalue weighted by molar-refractivity contribution is 6.02. The highest BCUT2D eigenvalue weighted by Gasteiger charge is 2.25. The molecular formula is C24H31N3O2. The summed E-state index contributed by atoms with van der Waals surface area (Å²) in [5.74, 6) is 0.0450. The molecule has 154 valence electrons. The van der Waals surface area contributed by atoms with Gasteiger partial charge in [0.15, 0.2) is 0 Å². The Morgan fingerprint density at radius 3 is 2.34 bits per heavy atom. The first-order valence-electron chi connectivity index (χ1n) is 10.4. The fraction of sp³-hybridized carbons (Fsp3) is 0.417. The van der Waals surface area contributed by atoms with E-state index in [-0.39, 0.29) is 23.8 Å². The number of anilines is 2. The summed E-state index contributed by atoms with van der Waals surface area (Å²) >= 11 is 0. The Hall–Kier alpha value is -2.66. The van der Waals surface area contributed by atoms with Crippen molar-refractivity contribution in [2.24, 2.45) is 5.92 Å². The number of aryl methyl sites for hydroxylation is 1.